The number of hydroxylamine groups is 2. The van der Waals surface area contributed by atoms with Crippen LogP contribution in [0.1, 0.15) is 24.8 Å². The summed E-state index contributed by atoms with van der Waals surface area (Å²) in [4.78, 5) is 19.0. The SMILES string of the molecule is CN1CCN(CC(=O)N(O)Cc2ccc(Nc3ccc(N4CCCCC4)cc3)c(F)c2)CC1. The van der Waals surface area contributed by atoms with Gasteiger partial charge in [0, 0.05) is 50.6 Å². The van der Waals surface area contributed by atoms with Crippen LogP contribution in [0.25, 0.3) is 0 Å². The van der Waals surface area contributed by atoms with Gasteiger partial charge >= 0.3 is 0 Å². The first-order valence-corrected chi connectivity index (χ1v) is 11.8. The molecule has 4 rings (SSSR count). The van der Waals surface area contributed by atoms with Gasteiger partial charge in [0.05, 0.1) is 18.8 Å². The van der Waals surface area contributed by atoms with Gasteiger partial charge in [-0.25, -0.2) is 9.45 Å². The number of benzene rings is 2. The molecule has 0 unspecified atom stereocenters. The Balaban J connectivity index is 1.30. The van der Waals surface area contributed by atoms with Crippen LogP contribution < -0.4 is 10.2 Å². The molecule has 2 aromatic carbocycles. The van der Waals surface area contributed by atoms with Crippen molar-refractivity contribution in [1.29, 1.82) is 0 Å². The predicted molar refractivity (Wildman–Crippen MR) is 128 cm³/mol. The average Bonchev–Trinajstić information content (AvgIpc) is 2.83. The van der Waals surface area contributed by atoms with Gasteiger partial charge in [0.2, 0.25) is 0 Å². The molecular weight excluding hydrogens is 421 g/mol. The van der Waals surface area contributed by atoms with E-state index in [0.29, 0.717) is 16.3 Å². The van der Waals surface area contributed by atoms with Crippen LogP contribution in [0.5, 0.6) is 0 Å². The third-order valence-electron chi connectivity index (χ3n) is 6.48. The molecule has 2 fully saturated rings. The molecule has 33 heavy (non-hydrogen) atoms. The summed E-state index contributed by atoms with van der Waals surface area (Å²) in [5, 5.41) is 14.0. The van der Waals surface area contributed by atoms with Gasteiger partial charge in [-0.05, 0) is 68.3 Å². The fraction of sp³-hybridized carbons (Fsp3) is 0.480. The summed E-state index contributed by atoms with van der Waals surface area (Å²) in [6.07, 6.45) is 3.75. The van der Waals surface area contributed by atoms with Crippen molar-refractivity contribution in [2.45, 2.75) is 25.8 Å². The number of rotatable bonds is 7. The molecule has 0 aromatic heterocycles. The minimum absolute atomic E-state index is 0.0473. The third-order valence-corrected chi connectivity index (χ3v) is 6.48. The first kappa shape index (κ1) is 23.5. The number of piperazine rings is 1. The minimum atomic E-state index is -0.424. The van der Waals surface area contributed by atoms with Gasteiger partial charge in [-0.3, -0.25) is 14.9 Å². The average molecular weight is 456 g/mol. The summed E-state index contributed by atoms with van der Waals surface area (Å²) >= 11 is 0. The van der Waals surface area contributed by atoms with Gasteiger partial charge in [-0.15, -0.1) is 0 Å². The molecular formula is C25H34FN5O2. The number of hydrogen-bond acceptors (Lipinski definition) is 6. The van der Waals surface area contributed by atoms with E-state index in [4.69, 9.17) is 0 Å². The van der Waals surface area contributed by atoms with E-state index in [1.54, 1.807) is 12.1 Å². The molecule has 2 aliphatic rings. The number of halogens is 1. The Labute approximate surface area is 195 Å². The van der Waals surface area contributed by atoms with E-state index in [9.17, 15) is 14.4 Å². The Bertz CT molecular complexity index is 925. The van der Waals surface area contributed by atoms with Crippen molar-refractivity contribution in [3.05, 3.63) is 53.8 Å². The van der Waals surface area contributed by atoms with Gasteiger partial charge in [0.25, 0.3) is 5.91 Å². The molecule has 8 heteroatoms. The predicted octanol–water partition coefficient (Wildman–Crippen LogP) is 3.52. The first-order valence-electron chi connectivity index (χ1n) is 11.8. The molecule has 2 N–H and O–H groups in total. The van der Waals surface area contributed by atoms with E-state index in [-0.39, 0.29) is 19.0 Å². The second-order valence-electron chi connectivity index (χ2n) is 9.06. The molecule has 0 atom stereocenters. The normalized spacial score (nSPS) is 17.7. The van der Waals surface area contributed by atoms with Crippen LogP contribution >= 0.6 is 0 Å². The summed E-state index contributed by atoms with van der Waals surface area (Å²) in [6.45, 7) is 5.69. The van der Waals surface area contributed by atoms with E-state index in [1.165, 1.54) is 31.0 Å². The number of nitrogens with zero attached hydrogens (tertiary/aromatic N) is 4. The fourth-order valence-corrected chi connectivity index (χ4v) is 4.36. The van der Waals surface area contributed by atoms with E-state index in [2.05, 4.69) is 34.3 Å². The van der Waals surface area contributed by atoms with E-state index in [1.807, 2.05) is 17.0 Å². The zero-order chi connectivity index (χ0) is 23.2. The summed E-state index contributed by atoms with van der Waals surface area (Å²) in [6, 6.07) is 12.8. The van der Waals surface area contributed by atoms with Crippen LogP contribution in [0.4, 0.5) is 21.5 Å². The lowest BCUT2D eigenvalue weighted by atomic mass is 10.1. The molecule has 7 nitrogen and oxygen atoms in total. The van der Waals surface area contributed by atoms with E-state index < -0.39 is 5.82 Å². The summed E-state index contributed by atoms with van der Waals surface area (Å²) in [7, 11) is 2.05. The first-order chi connectivity index (χ1) is 16.0. The van der Waals surface area contributed by atoms with Gasteiger partial charge < -0.3 is 15.1 Å². The highest BCUT2D eigenvalue weighted by atomic mass is 19.1. The highest BCUT2D eigenvalue weighted by molar-refractivity contribution is 5.77. The zero-order valence-corrected chi connectivity index (χ0v) is 19.3. The Morgan fingerprint density at radius 2 is 1.70 bits per heavy atom. The van der Waals surface area contributed by atoms with Crippen molar-refractivity contribution in [3.8, 4) is 0 Å². The van der Waals surface area contributed by atoms with Crippen LogP contribution in [0.3, 0.4) is 0 Å². The van der Waals surface area contributed by atoms with E-state index >= 15 is 0 Å². The molecule has 2 heterocycles. The number of likely N-dealkylation sites (N-methyl/N-ethyl adjacent to an activating group) is 1. The Morgan fingerprint density at radius 3 is 2.36 bits per heavy atom. The second-order valence-corrected chi connectivity index (χ2v) is 9.06. The standard InChI is InChI=1S/C25H34FN5O2/c1-28-13-15-29(16-14-28)19-25(32)31(33)18-20-5-10-24(23(26)17-20)27-21-6-8-22(9-7-21)30-11-3-2-4-12-30/h5-10,17,27,33H,2-4,11-16,18-19H2,1H3. The maximum atomic E-state index is 14.7. The highest BCUT2D eigenvalue weighted by Crippen LogP contribution is 2.25. The van der Waals surface area contributed by atoms with Crippen molar-refractivity contribution < 1.29 is 14.4 Å². The smallest absolute Gasteiger partial charge is 0.260 e. The van der Waals surface area contributed by atoms with Gasteiger partial charge in [0.15, 0.2) is 0 Å². The Kier molecular flexibility index (Phi) is 7.80. The lowest BCUT2D eigenvalue weighted by molar-refractivity contribution is -0.169. The van der Waals surface area contributed by atoms with Gasteiger partial charge in [0.1, 0.15) is 5.82 Å². The topological polar surface area (TPSA) is 62.3 Å². The highest BCUT2D eigenvalue weighted by Gasteiger charge is 2.20. The molecule has 2 aliphatic heterocycles. The molecule has 0 spiro atoms. The largest absolute Gasteiger partial charge is 0.372 e. The number of hydrogen-bond donors (Lipinski definition) is 2. The fourth-order valence-electron chi connectivity index (χ4n) is 4.36. The Morgan fingerprint density at radius 1 is 1.00 bits per heavy atom. The lowest BCUT2D eigenvalue weighted by Crippen LogP contribution is -2.48. The van der Waals surface area contributed by atoms with Crippen LogP contribution in [0.2, 0.25) is 0 Å². The number of amides is 1. The van der Waals surface area contributed by atoms with Crippen LogP contribution in [-0.2, 0) is 11.3 Å². The number of piperidine rings is 1. The summed E-state index contributed by atoms with van der Waals surface area (Å²) in [5.41, 5.74) is 2.90. The molecule has 1 amide bonds. The van der Waals surface area contributed by atoms with Crippen LogP contribution in [-0.4, -0.2) is 78.8 Å². The third kappa shape index (κ3) is 6.43. The monoisotopic (exact) mass is 455 g/mol. The maximum Gasteiger partial charge on any atom is 0.260 e. The minimum Gasteiger partial charge on any atom is -0.372 e. The van der Waals surface area contributed by atoms with Crippen LogP contribution in [0, 0.1) is 5.82 Å². The Hall–Kier alpha value is -2.68. The van der Waals surface area contributed by atoms with Crippen molar-refractivity contribution >= 4 is 23.0 Å². The number of carbonyl (C=O) groups excluding carboxylic acids is 1. The van der Waals surface area contributed by atoms with Crippen molar-refractivity contribution in [3.63, 3.8) is 0 Å². The molecule has 0 saturated carbocycles. The van der Waals surface area contributed by atoms with Gasteiger partial charge in [-0.2, -0.15) is 0 Å². The maximum absolute atomic E-state index is 14.7. The van der Waals surface area contributed by atoms with Crippen molar-refractivity contribution in [2.24, 2.45) is 0 Å². The van der Waals surface area contributed by atoms with Crippen molar-refractivity contribution in [2.75, 3.05) is 63.1 Å². The zero-order valence-electron chi connectivity index (χ0n) is 19.3. The number of nitrogens with one attached hydrogen (secondary N) is 1. The number of carbonyl (C=O) groups is 1. The van der Waals surface area contributed by atoms with Gasteiger partial charge in [-0.1, -0.05) is 6.07 Å². The van der Waals surface area contributed by atoms with Crippen LogP contribution in [0.15, 0.2) is 42.5 Å². The lowest BCUT2D eigenvalue weighted by Gasteiger charge is -2.32. The second kappa shape index (κ2) is 11.0. The number of anilines is 3. The molecule has 2 aromatic rings. The summed E-state index contributed by atoms with van der Waals surface area (Å²) < 4.78 is 14.7. The molecule has 178 valence electrons. The molecule has 2 saturated heterocycles. The molecule has 0 radical (unpaired) electrons. The summed E-state index contributed by atoms with van der Waals surface area (Å²) in [5.74, 6) is -0.802. The molecule has 0 aliphatic carbocycles. The van der Waals surface area contributed by atoms with Crippen molar-refractivity contribution in [1.82, 2.24) is 14.9 Å². The van der Waals surface area contributed by atoms with E-state index in [0.717, 1.165) is 45.0 Å². The quantitative estimate of drug-likeness (QED) is 0.492. The molecule has 0 bridgehead atoms.